The van der Waals surface area contributed by atoms with Crippen molar-refractivity contribution in [3.05, 3.63) is 28.0 Å². The Balaban J connectivity index is 3.25. The van der Waals surface area contributed by atoms with Gasteiger partial charge in [-0.05, 0) is 18.6 Å². The Kier molecular flexibility index (Phi) is 3.17. The van der Waals surface area contributed by atoms with E-state index in [-0.39, 0.29) is 12.2 Å². The first-order chi connectivity index (χ1) is 6.06. The van der Waals surface area contributed by atoms with Crippen LogP contribution in [-0.4, -0.2) is 4.98 Å². The summed E-state index contributed by atoms with van der Waals surface area (Å²) in [7, 11) is 0. The number of hydrogen-bond donors (Lipinski definition) is 1. The summed E-state index contributed by atoms with van der Waals surface area (Å²) in [6.07, 6.45) is -2.60. The molecule has 0 radical (unpaired) electrons. The highest BCUT2D eigenvalue weighted by molar-refractivity contribution is 6.31. The molecular weight excluding hydrogens is 198 g/mol. The molecule has 1 heterocycles. The maximum Gasteiger partial charge on any atom is 0.280 e. The van der Waals surface area contributed by atoms with Crippen molar-refractivity contribution in [1.29, 1.82) is 0 Å². The second-order valence-electron chi connectivity index (χ2n) is 2.60. The van der Waals surface area contributed by atoms with Gasteiger partial charge >= 0.3 is 0 Å². The minimum Gasteiger partial charge on any atom is -0.326 e. The van der Waals surface area contributed by atoms with Gasteiger partial charge in [-0.3, -0.25) is 4.98 Å². The van der Waals surface area contributed by atoms with Crippen LogP contribution in [0, 0.1) is 6.92 Å². The minimum absolute atomic E-state index is 0.0205. The van der Waals surface area contributed by atoms with Gasteiger partial charge in [0, 0.05) is 6.54 Å². The van der Waals surface area contributed by atoms with Crippen LogP contribution in [0.2, 0.25) is 5.02 Å². The Hall–Kier alpha value is -0.740. The van der Waals surface area contributed by atoms with Crippen molar-refractivity contribution >= 4 is 11.6 Å². The van der Waals surface area contributed by atoms with Crippen LogP contribution in [0.5, 0.6) is 0 Å². The molecule has 0 unspecified atom stereocenters. The summed E-state index contributed by atoms with van der Waals surface area (Å²) in [6, 6.07) is 1.44. The van der Waals surface area contributed by atoms with Gasteiger partial charge in [0.05, 0.1) is 10.7 Å². The predicted molar refractivity (Wildman–Crippen MR) is 46.8 cm³/mol. The van der Waals surface area contributed by atoms with E-state index < -0.39 is 6.43 Å². The molecule has 0 aromatic carbocycles. The maximum absolute atomic E-state index is 12.4. The molecule has 2 N–H and O–H groups in total. The normalized spacial score (nSPS) is 10.9. The van der Waals surface area contributed by atoms with Gasteiger partial charge in [-0.25, -0.2) is 8.78 Å². The van der Waals surface area contributed by atoms with Crippen LogP contribution < -0.4 is 5.73 Å². The van der Waals surface area contributed by atoms with Gasteiger partial charge in [-0.2, -0.15) is 0 Å². The third kappa shape index (κ3) is 2.14. The van der Waals surface area contributed by atoms with E-state index in [1.165, 1.54) is 6.07 Å². The average molecular weight is 207 g/mol. The zero-order valence-corrected chi connectivity index (χ0v) is 7.78. The third-order valence-corrected chi connectivity index (χ3v) is 2.07. The fourth-order valence-electron chi connectivity index (χ4n) is 0.990. The smallest absolute Gasteiger partial charge is 0.280 e. The molecular formula is C8H9ClF2N2. The van der Waals surface area contributed by atoms with Crippen LogP contribution in [0.15, 0.2) is 6.07 Å². The lowest BCUT2D eigenvalue weighted by Gasteiger charge is -2.07. The van der Waals surface area contributed by atoms with E-state index in [0.29, 0.717) is 16.3 Å². The lowest BCUT2D eigenvalue weighted by atomic mass is 10.2. The van der Waals surface area contributed by atoms with Crippen molar-refractivity contribution in [3.63, 3.8) is 0 Å². The molecule has 0 fully saturated rings. The Labute approximate surface area is 79.7 Å². The van der Waals surface area contributed by atoms with E-state index in [0.717, 1.165) is 0 Å². The van der Waals surface area contributed by atoms with E-state index in [2.05, 4.69) is 4.98 Å². The monoisotopic (exact) mass is 206 g/mol. The summed E-state index contributed by atoms with van der Waals surface area (Å²) >= 11 is 5.71. The molecule has 0 aliphatic carbocycles. The summed E-state index contributed by atoms with van der Waals surface area (Å²) in [6.45, 7) is 1.60. The number of alkyl halides is 2. The molecule has 1 aromatic rings. The van der Waals surface area contributed by atoms with Gasteiger partial charge in [0.1, 0.15) is 5.69 Å². The third-order valence-electron chi connectivity index (χ3n) is 1.69. The fraction of sp³-hybridized carbons (Fsp3) is 0.375. The van der Waals surface area contributed by atoms with E-state index in [9.17, 15) is 8.78 Å². The summed E-state index contributed by atoms with van der Waals surface area (Å²) in [5, 5.41) is 0.366. The van der Waals surface area contributed by atoms with Crippen molar-refractivity contribution < 1.29 is 8.78 Å². The number of nitrogens with zero attached hydrogens (tertiary/aromatic N) is 1. The highest BCUT2D eigenvalue weighted by atomic mass is 35.5. The average Bonchev–Trinajstić information content (AvgIpc) is 2.08. The summed E-state index contributed by atoms with van der Waals surface area (Å²) < 4.78 is 24.7. The van der Waals surface area contributed by atoms with E-state index in [1.54, 1.807) is 6.92 Å². The first-order valence-corrected chi connectivity index (χ1v) is 4.08. The Morgan fingerprint density at radius 3 is 2.69 bits per heavy atom. The van der Waals surface area contributed by atoms with Crippen LogP contribution in [0.1, 0.15) is 23.4 Å². The number of halogens is 3. The molecule has 5 heteroatoms. The quantitative estimate of drug-likeness (QED) is 0.807. The van der Waals surface area contributed by atoms with E-state index in [1.807, 2.05) is 0 Å². The fourth-order valence-corrected chi connectivity index (χ4v) is 1.16. The van der Waals surface area contributed by atoms with Gasteiger partial charge in [-0.15, -0.1) is 0 Å². The Morgan fingerprint density at radius 1 is 1.62 bits per heavy atom. The minimum atomic E-state index is -2.60. The molecule has 0 spiro atoms. The number of aryl methyl sites for hydroxylation is 1. The Morgan fingerprint density at radius 2 is 2.23 bits per heavy atom. The second kappa shape index (κ2) is 3.98. The van der Waals surface area contributed by atoms with Gasteiger partial charge in [-0.1, -0.05) is 11.6 Å². The van der Waals surface area contributed by atoms with Crippen LogP contribution in [0.3, 0.4) is 0 Å². The first-order valence-electron chi connectivity index (χ1n) is 3.70. The Bertz CT molecular complexity index is 315. The largest absolute Gasteiger partial charge is 0.326 e. The standard InChI is InChI=1S/C8H9ClF2N2/c1-4-6(9)2-5(3-12)7(13-4)8(10)11/h2,8H,3,12H2,1H3. The predicted octanol–water partition coefficient (Wildman–Crippen LogP) is 2.44. The highest BCUT2D eigenvalue weighted by Crippen LogP contribution is 2.24. The zero-order valence-electron chi connectivity index (χ0n) is 7.02. The molecule has 1 rings (SSSR count). The van der Waals surface area contributed by atoms with Crippen molar-refractivity contribution in [2.24, 2.45) is 5.73 Å². The lowest BCUT2D eigenvalue weighted by Crippen LogP contribution is -2.05. The zero-order chi connectivity index (χ0) is 10.0. The molecule has 0 saturated heterocycles. The number of rotatable bonds is 2. The SMILES string of the molecule is Cc1nc(C(F)F)c(CN)cc1Cl. The number of pyridine rings is 1. The van der Waals surface area contributed by atoms with Gasteiger partial charge in [0.25, 0.3) is 6.43 Å². The molecule has 13 heavy (non-hydrogen) atoms. The first kappa shape index (κ1) is 10.3. The van der Waals surface area contributed by atoms with Gasteiger partial charge < -0.3 is 5.73 Å². The lowest BCUT2D eigenvalue weighted by molar-refractivity contribution is 0.144. The molecule has 0 aliphatic heterocycles. The van der Waals surface area contributed by atoms with Crippen LogP contribution in [0.4, 0.5) is 8.78 Å². The summed E-state index contributed by atoms with van der Waals surface area (Å²) in [5.41, 5.74) is 5.70. The highest BCUT2D eigenvalue weighted by Gasteiger charge is 2.15. The molecule has 0 saturated carbocycles. The molecule has 0 aliphatic rings. The molecule has 0 bridgehead atoms. The van der Waals surface area contributed by atoms with Crippen LogP contribution in [-0.2, 0) is 6.54 Å². The van der Waals surface area contributed by atoms with Crippen LogP contribution in [0.25, 0.3) is 0 Å². The summed E-state index contributed by atoms with van der Waals surface area (Å²) in [4.78, 5) is 3.68. The van der Waals surface area contributed by atoms with Crippen molar-refractivity contribution in [2.45, 2.75) is 19.9 Å². The number of nitrogens with two attached hydrogens (primary N) is 1. The van der Waals surface area contributed by atoms with Crippen LogP contribution >= 0.6 is 11.6 Å². The summed E-state index contributed by atoms with van der Waals surface area (Å²) in [5.74, 6) is 0. The topological polar surface area (TPSA) is 38.9 Å². The second-order valence-corrected chi connectivity index (χ2v) is 3.01. The molecule has 0 atom stereocenters. The molecule has 72 valence electrons. The molecule has 2 nitrogen and oxygen atoms in total. The van der Waals surface area contributed by atoms with E-state index in [4.69, 9.17) is 17.3 Å². The van der Waals surface area contributed by atoms with Crippen molar-refractivity contribution in [1.82, 2.24) is 4.98 Å². The molecule has 0 amide bonds. The number of hydrogen-bond acceptors (Lipinski definition) is 2. The van der Waals surface area contributed by atoms with Crippen molar-refractivity contribution in [3.8, 4) is 0 Å². The number of aromatic nitrogens is 1. The van der Waals surface area contributed by atoms with E-state index >= 15 is 0 Å². The van der Waals surface area contributed by atoms with Gasteiger partial charge in [0.15, 0.2) is 0 Å². The molecule has 1 aromatic heterocycles. The maximum atomic E-state index is 12.4. The van der Waals surface area contributed by atoms with Crippen molar-refractivity contribution in [2.75, 3.05) is 0 Å². The van der Waals surface area contributed by atoms with Gasteiger partial charge in [0.2, 0.25) is 0 Å².